The van der Waals surface area contributed by atoms with E-state index in [1.54, 1.807) is 0 Å². The number of nitrogens with one attached hydrogen (secondary N) is 1. The van der Waals surface area contributed by atoms with Gasteiger partial charge in [-0.2, -0.15) is 0 Å². The van der Waals surface area contributed by atoms with Crippen molar-refractivity contribution in [3.8, 4) is 5.75 Å². The lowest BCUT2D eigenvalue weighted by molar-refractivity contribution is 0.243. The van der Waals surface area contributed by atoms with Gasteiger partial charge in [0.15, 0.2) is 0 Å². The normalized spacial score (nSPS) is 16.9. The van der Waals surface area contributed by atoms with Crippen molar-refractivity contribution >= 4 is 21.6 Å². The molecule has 3 heteroatoms. The van der Waals surface area contributed by atoms with Crippen LogP contribution in [0.15, 0.2) is 46.9 Å². The third-order valence-electron chi connectivity index (χ3n) is 3.79. The maximum absolute atomic E-state index is 5.90. The standard InChI is InChI=1S/C18H20BrNO/c1-12(2)21-18-9-4-3-8-17(18)20-16-11-10-13-14(16)6-5-7-15(13)19/h3-9,12,16,20H,10-11H2,1-2H3. The highest BCUT2D eigenvalue weighted by Crippen LogP contribution is 2.39. The van der Waals surface area contributed by atoms with Gasteiger partial charge in [0.05, 0.1) is 17.8 Å². The van der Waals surface area contributed by atoms with Gasteiger partial charge < -0.3 is 10.1 Å². The highest BCUT2D eigenvalue weighted by atomic mass is 79.9. The highest BCUT2D eigenvalue weighted by molar-refractivity contribution is 9.10. The van der Waals surface area contributed by atoms with Gasteiger partial charge in [0.25, 0.3) is 0 Å². The molecule has 0 radical (unpaired) electrons. The van der Waals surface area contributed by atoms with E-state index in [2.05, 4.69) is 59.4 Å². The third kappa shape index (κ3) is 3.08. The SMILES string of the molecule is CC(C)Oc1ccccc1NC1CCc2c(Br)cccc21. The van der Waals surface area contributed by atoms with Crippen molar-refractivity contribution in [2.24, 2.45) is 0 Å². The molecule has 0 heterocycles. The molecule has 1 aliphatic rings. The summed E-state index contributed by atoms with van der Waals surface area (Å²) in [5, 5.41) is 3.65. The molecule has 21 heavy (non-hydrogen) atoms. The fourth-order valence-corrected chi connectivity index (χ4v) is 3.47. The second-order valence-electron chi connectivity index (χ2n) is 5.71. The zero-order valence-corrected chi connectivity index (χ0v) is 14.0. The molecule has 0 fully saturated rings. The molecule has 2 aromatic carbocycles. The van der Waals surface area contributed by atoms with E-state index in [0.29, 0.717) is 6.04 Å². The van der Waals surface area contributed by atoms with E-state index in [4.69, 9.17) is 4.74 Å². The summed E-state index contributed by atoms with van der Waals surface area (Å²) in [6.45, 7) is 4.11. The first-order valence-corrected chi connectivity index (χ1v) is 8.24. The lowest BCUT2D eigenvalue weighted by Gasteiger charge is -2.20. The van der Waals surface area contributed by atoms with Gasteiger partial charge in [-0.05, 0) is 56.0 Å². The largest absolute Gasteiger partial charge is 0.489 e. The molecular weight excluding hydrogens is 326 g/mol. The van der Waals surface area contributed by atoms with Crippen LogP contribution < -0.4 is 10.1 Å². The first-order chi connectivity index (χ1) is 10.1. The van der Waals surface area contributed by atoms with Crippen LogP contribution in [0.5, 0.6) is 5.75 Å². The number of para-hydroxylation sites is 2. The number of halogens is 1. The van der Waals surface area contributed by atoms with Crippen LogP contribution in [0.3, 0.4) is 0 Å². The topological polar surface area (TPSA) is 21.3 Å². The van der Waals surface area contributed by atoms with Gasteiger partial charge in [0, 0.05) is 4.47 Å². The smallest absolute Gasteiger partial charge is 0.142 e. The van der Waals surface area contributed by atoms with Crippen LogP contribution in [0.1, 0.15) is 37.4 Å². The summed E-state index contributed by atoms with van der Waals surface area (Å²) >= 11 is 3.65. The molecule has 0 bridgehead atoms. The van der Waals surface area contributed by atoms with Gasteiger partial charge >= 0.3 is 0 Å². The second-order valence-corrected chi connectivity index (χ2v) is 6.56. The van der Waals surface area contributed by atoms with E-state index in [9.17, 15) is 0 Å². The number of fused-ring (bicyclic) bond motifs is 1. The summed E-state index contributed by atoms with van der Waals surface area (Å²) in [6, 6.07) is 15.0. The molecule has 1 unspecified atom stereocenters. The Morgan fingerprint density at radius 2 is 1.95 bits per heavy atom. The Kier molecular flexibility index (Phi) is 4.20. The molecule has 1 aliphatic carbocycles. The molecule has 0 amide bonds. The Morgan fingerprint density at radius 1 is 1.14 bits per heavy atom. The fourth-order valence-electron chi connectivity index (χ4n) is 2.89. The minimum Gasteiger partial charge on any atom is -0.489 e. The quantitative estimate of drug-likeness (QED) is 0.807. The number of anilines is 1. The molecule has 0 aromatic heterocycles. The van der Waals surface area contributed by atoms with Gasteiger partial charge in [-0.3, -0.25) is 0 Å². The van der Waals surface area contributed by atoms with Crippen molar-refractivity contribution in [2.45, 2.75) is 38.8 Å². The van der Waals surface area contributed by atoms with E-state index in [1.165, 1.54) is 15.6 Å². The molecule has 3 rings (SSSR count). The van der Waals surface area contributed by atoms with Crippen LogP contribution in [-0.2, 0) is 6.42 Å². The average Bonchev–Trinajstić information content (AvgIpc) is 2.85. The molecule has 0 aliphatic heterocycles. The van der Waals surface area contributed by atoms with Crippen LogP contribution in [0, 0.1) is 0 Å². The molecule has 2 aromatic rings. The van der Waals surface area contributed by atoms with Crippen molar-refractivity contribution in [1.29, 1.82) is 0 Å². The predicted molar refractivity (Wildman–Crippen MR) is 91.0 cm³/mol. The van der Waals surface area contributed by atoms with Gasteiger partial charge in [0.2, 0.25) is 0 Å². The molecule has 0 saturated carbocycles. The number of ether oxygens (including phenoxy) is 1. The lowest BCUT2D eigenvalue weighted by Crippen LogP contribution is -2.11. The van der Waals surface area contributed by atoms with Crippen molar-refractivity contribution in [2.75, 3.05) is 5.32 Å². The maximum Gasteiger partial charge on any atom is 0.142 e. The minimum absolute atomic E-state index is 0.179. The van der Waals surface area contributed by atoms with Gasteiger partial charge in [-0.25, -0.2) is 0 Å². The van der Waals surface area contributed by atoms with Crippen molar-refractivity contribution in [1.82, 2.24) is 0 Å². The first kappa shape index (κ1) is 14.5. The van der Waals surface area contributed by atoms with Crippen molar-refractivity contribution in [3.05, 3.63) is 58.1 Å². The summed E-state index contributed by atoms with van der Waals surface area (Å²) < 4.78 is 7.11. The molecule has 1 atom stereocenters. The van der Waals surface area contributed by atoms with E-state index in [-0.39, 0.29) is 6.10 Å². The second kappa shape index (κ2) is 6.10. The molecule has 2 nitrogen and oxygen atoms in total. The number of hydrogen-bond acceptors (Lipinski definition) is 2. The molecule has 0 spiro atoms. The number of hydrogen-bond donors (Lipinski definition) is 1. The number of benzene rings is 2. The summed E-state index contributed by atoms with van der Waals surface area (Å²) in [5.41, 5.74) is 3.89. The van der Waals surface area contributed by atoms with Crippen molar-refractivity contribution in [3.63, 3.8) is 0 Å². The maximum atomic E-state index is 5.90. The molecule has 0 saturated heterocycles. The molecule has 1 N–H and O–H groups in total. The summed E-state index contributed by atoms with van der Waals surface area (Å²) in [5.74, 6) is 0.927. The van der Waals surface area contributed by atoms with Crippen LogP contribution >= 0.6 is 15.9 Å². The lowest BCUT2D eigenvalue weighted by atomic mass is 10.1. The fraction of sp³-hybridized carbons (Fsp3) is 0.333. The van der Waals surface area contributed by atoms with Gasteiger partial charge in [-0.1, -0.05) is 40.2 Å². The van der Waals surface area contributed by atoms with Crippen LogP contribution in [-0.4, -0.2) is 6.10 Å². The van der Waals surface area contributed by atoms with Crippen molar-refractivity contribution < 1.29 is 4.74 Å². The Hall–Kier alpha value is -1.48. The van der Waals surface area contributed by atoms with E-state index < -0.39 is 0 Å². The summed E-state index contributed by atoms with van der Waals surface area (Å²) in [6.07, 6.45) is 2.41. The third-order valence-corrected chi connectivity index (χ3v) is 4.54. The Morgan fingerprint density at radius 3 is 2.76 bits per heavy atom. The predicted octanol–water partition coefficient (Wildman–Crippen LogP) is 5.34. The number of rotatable bonds is 4. The summed E-state index contributed by atoms with van der Waals surface area (Å²) in [4.78, 5) is 0. The summed E-state index contributed by atoms with van der Waals surface area (Å²) in [7, 11) is 0. The van der Waals surface area contributed by atoms with Gasteiger partial charge in [0.1, 0.15) is 5.75 Å². The average molecular weight is 346 g/mol. The zero-order valence-electron chi connectivity index (χ0n) is 12.4. The Balaban J connectivity index is 1.85. The van der Waals surface area contributed by atoms with Crippen LogP contribution in [0.2, 0.25) is 0 Å². The van der Waals surface area contributed by atoms with Crippen LogP contribution in [0.4, 0.5) is 5.69 Å². The van der Waals surface area contributed by atoms with Gasteiger partial charge in [-0.15, -0.1) is 0 Å². The highest BCUT2D eigenvalue weighted by Gasteiger charge is 2.24. The van der Waals surface area contributed by atoms with Crippen LogP contribution in [0.25, 0.3) is 0 Å². The molecule has 110 valence electrons. The monoisotopic (exact) mass is 345 g/mol. The minimum atomic E-state index is 0.179. The van der Waals surface area contributed by atoms with E-state index in [1.807, 2.05) is 18.2 Å². The first-order valence-electron chi connectivity index (χ1n) is 7.44. The Labute approximate surface area is 134 Å². The molecular formula is C18H20BrNO. The zero-order chi connectivity index (χ0) is 14.8. The van der Waals surface area contributed by atoms with E-state index >= 15 is 0 Å². The van der Waals surface area contributed by atoms with E-state index in [0.717, 1.165) is 24.3 Å². The Bertz CT molecular complexity index is 639.